The van der Waals surface area contributed by atoms with Crippen LogP contribution < -0.4 is 14.2 Å². The third-order valence-electron chi connectivity index (χ3n) is 9.11. The predicted molar refractivity (Wildman–Crippen MR) is 156 cm³/mol. The molecule has 9 heteroatoms. The highest BCUT2D eigenvalue weighted by Gasteiger charge is 2.50. The molecule has 0 spiro atoms. The summed E-state index contributed by atoms with van der Waals surface area (Å²) in [6.07, 6.45) is 1.34. The highest BCUT2D eigenvalue weighted by Crippen LogP contribution is 2.45. The predicted octanol–water partition coefficient (Wildman–Crippen LogP) is 3.73. The molecular weight excluding hydrogens is 532 g/mol. The Kier molecular flexibility index (Phi) is 6.06. The summed E-state index contributed by atoms with van der Waals surface area (Å²) < 4.78 is 17.1. The van der Waals surface area contributed by atoms with Gasteiger partial charge in [-0.25, -0.2) is 0 Å². The number of benzene rings is 3. The molecule has 2 amide bonds. The number of amides is 2. The Labute approximate surface area is 243 Å². The van der Waals surface area contributed by atoms with Crippen molar-refractivity contribution in [3.05, 3.63) is 89.6 Å². The number of fused-ring (bicyclic) bond motifs is 5. The van der Waals surface area contributed by atoms with Gasteiger partial charge in [-0.1, -0.05) is 42.5 Å². The van der Waals surface area contributed by atoms with Crippen LogP contribution in [0.15, 0.2) is 72.8 Å². The molecule has 1 N–H and O–H groups in total. The Morgan fingerprint density at radius 2 is 1.79 bits per heavy atom. The number of ether oxygens (including phenoxy) is 3. The number of hydrogen-bond acceptors (Lipinski definition) is 6. The molecule has 1 aromatic heterocycles. The van der Waals surface area contributed by atoms with Crippen LogP contribution in [0.5, 0.6) is 17.2 Å². The zero-order valence-electron chi connectivity index (χ0n) is 23.2. The number of hydrogen-bond donors (Lipinski definition) is 1. The number of H-pyrrole nitrogens is 1. The lowest BCUT2D eigenvalue weighted by molar-refractivity contribution is -0.160. The Morgan fingerprint density at radius 3 is 2.69 bits per heavy atom. The van der Waals surface area contributed by atoms with E-state index in [-0.39, 0.29) is 31.2 Å². The zero-order valence-corrected chi connectivity index (χ0v) is 23.2. The fraction of sp³-hybridized carbons (Fsp3) is 0.333. The van der Waals surface area contributed by atoms with Gasteiger partial charge in [-0.3, -0.25) is 14.5 Å². The monoisotopic (exact) mass is 564 g/mol. The molecule has 9 nitrogen and oxygen atoms in total. The first-order valence-corrected chi connectivity index (χ1v) is 14.6. The number of aromatic amines is 1. The van der Waals surface area contributed by atoms with Gasteiger partial charge in [-0.15, -0.1) is 0 Å². The highest BCUT2D eigenvalue weighted by molar-refractivity contribution is 5.98. The van der Waals surface area contributed by atoms with E-state index in [4.69, 9.17) is 14.2 Å². The van der Waals surface area contributed by atoms with Crippen LogP contribution in [-0.4, -0.2) is 83.2 Å². The third-order valence-corrected chi connectivity index (χ3v) is 9.11. The highest BCUT2D eigenvalue weighted by atomic mass is 16.7. The van der Waals surface area contributed by atoms with Gasteiger partial charge in [0.25, 0.3) is 0 Å². The van der Waals surface area contributed by atoms with Gasteiger partial charge in [0, 0.05) is 48.7 Å². The molecule has 4 aliphatic rings. The number of carbonyl (C=O) groups excluding carboxylic acids is 2. The average molecular weight is 565 g/mol. The van der Waals surface area contributed by atoms with Crippen LogP contribution in [0.4, 0.5) is 0 Å². The van der Waals surface area contributed by atoms with Gasteiger partial charge < -0.3 is 29.0 Å². The maximum Gasteiger partial charge on any atom is 0.246 e. The molecule has 4 aliphatic heterocycles. The molecule has 2 saturated heterocycles. The Hall–Kier alpha value is -4.50. The minimum Gasteiger partial charge on any atom is -0.492 e. The minimum absolute atomic E-state index is 0.00804. The molecule has 214 valence electrons. The lowest BCUT2D eigenvalue weighted by Gasteiger charge is -2.48. The molecule has 42 heavy (non-hydrogen) atoms. The molecule has 3 aromatic carbocycles. The van der Waals surface area contributed by atoms with Crippen LogP contribution >= 0.6 is 0 Å². The van der Waals surface area contributed by atoms with E-state index in [2.05, 4.69) is 16.0 Å². The molecule has 0 saturated carbocycles. The summed E-state index contributed by atoms with van der Waals surface area (Å²) in [5.74, 6) is 2.21. The maximum absolute atomic E-state index is 14.3. The number of nitrogens with zero attached hydrogens (tertiary/aromatic N) is 3. The van der Waals surface area contributed by atoms with E-state index >= 15 is 0 Å². The van der Waals surface area contributed by atoms with Crippen molar-refractivity contribution in [3.63, 3.8) is 0 Å². The fourth-order valence-corrected chi connectivity index (χ4v) is 7.10. The van der Waals surface area contributed by atoms with E-state index in [1.165, 1.54) is 0 Å². The number of para-hydroxylation sites is 2. The minimum atomic E-state index is -0.566. The average Bonchev–Trinajstić information content (AvgIpc) is 3.77. The van der Waals surface area contributed by atoms with E-state index in [1.807, 2.05) is 76.5 Å². The first-order chi connectivity index (χ1) is 20.6. The largest absolute Gasteiger partial charge is 0.492 e. The normalized spacial score (nSPS) is 23.4. The molecule has 5 heterocycles. The fourth-order valence-electron chi connectivity index (χ4n) is 7.10. The summed E-state index contributed by atoms with van der Waals surface area (Å²) in [4.78, 5) is 37.9. The van der Waals surface area contributed by atoms with Crippen LogP contribution in [-0.2, 0) is 16.0 Å². The summed E-state index contributed by atoms with van der Waals surface area (Å²) in [5, 5.41) is 1.10. The summed E-state index contributed by atoms with van der Waals surface area (Å²) in [7, 11) is 0. The van der Waals surface area contributed by atoms with Crippen LogP contribution in [0.25, 0.3) is 10.9 Å². The molecule has 8 rings (SSSR count). The van der Waals surface area contributed by atoms with Crippen molar-refractivity contribution in [2.75, 3.05) is 39.6 Å². The molecule has 3 atom stereocenters. The molecule has 2 fully saturated rings. The van der Waals surface area contributed by atoms with Crippen molar-refractivity contribution < 1.29 is 23.8 Å². The van der Waals surface area contributed by atoms with Gasteiger partial charge >= 0.3 is 0 Å². The number of rotatable bonds is 6. The third kappa shape index (κ3) is 4.18. The van der Waals surface area contributed by atoms with Gasteiger partial charge in [0.1, 0.15) is 24.9 Å². The SMILES string of the molecule is O=C1[C@H]2Cc3c([nH]c4ccccc34)[C@@H](c3ccc4c(c3)OCO4)N2C(=O)CN1[C@H]1CCN(CCOc2ccccc2)C1. The number of likely N-dealkylation sites (tertiary alicyclic amines) is 1. The Morgan fingerprint density at radius 1 is 0.952 bits per heavy atom. The number of aromatic nitrogens is 1. The van der Waals surface area contributed by atoms with Crippen molar-refractivity contribution >= 4 is 22.7 Å². The topological polar surface area (TPSA) is 87.3 Å². The zero-order chi connectivity index (χ0) is 28.2. The molecule has 0 radical (unpaired) electrons. The lowest BCUT2D eigenvalue weighted by atomic mass is 9.85. The van der Waals surface area contributed by atoms with E-state index in [9.17, 15) is 9.59 Å². The maximum atomic E-state index is 14.3. The van der Waals surface area contributed by atoms with Crippen molar-refractivity contribution in [2.45, 2.75) is 31.0 Å². The summed E-state index contributed by atoms with van der Waals surface area (Å²) in [6, 6.07) is 22.8. The van der Waals surface area contributed by atoms with Gasteiger partial charge in [0.2, 0.25) is 18.6 Å². The summed E-state index contributed by atoms with van der Waals surface area (Å²) in [5.41, 5.74) is 3.97. The number of nitrogens with one attached hydrogen (secondary N) is 1. The van der Waals surface area contributed by atoms with Gasteiger partial charge in [0.05, 0.1) is 6.04 Å². The van der Waals surface area contributed by atoms with Crippen LogP contribution in [0.1, 0.15) is 29.3 Å². The van der Waals surface area contributed by atoms with E-state index < -0.39 is 12.1 Å². The molecular formula is C33H32N4O5. The first-order valence-electron chi connectivity index (χ1n) is 14.6. The van der Waals surface area contributed by atoms with Crippen molar-refractivity contribution in [1.29, 1.82) is 0 Å². The van der Waals surface area contributed by atoms with E-state index in [1.54, 1.807) is 0 Å². The second kappa shape index (κ2) is 10.1. The quantitative estimate of drug-likeness (QED) is 0.384. The second-order valence-electron chi connectivity index (χ2n) is 11.5. The second-order valence-corrected chi connectivity index (χ2v) is 11.5. The Bertz CT molecular complexity index is 1670. The molecule has 0 aliphatic carbocycles. The van der Waals surface area contributed by atoms with Gasteiger partial charge in [0.15, 0.2) is 11.5 Å². The molecule has 0 bridgehead atoms. The first kappa shape index (κ1) is 25.2. The molecule has 4 aromatic rings. The summed E-state index contributed by atoms with van der Waals surface area (Å²) in [6.45, 7) is 3.25. The van der Waals surface area contributed by atoms with Crippen molar-refractivity contribution in [2.24, 2.45) is 0 Å². The van der Waals surface area contributed by atoms with Crippen molar-refractivity contribution in [1.82, 2.24) is 19.7 Å². The number of piperazine rings is 1. The van der Waals surface area contributed by atoms with E-state index in [0.717, 1.165) is 59.5 Å². The Balaban J connectivity index is 1.07. The van der Waals surface area contributed by atoms with Gasteiger partial charge in [-0.2, -0.15) is 0 Å². The standard InChI is InChI=1S/C33H32N4O5/c38-30-19-36(22-12-13-35(18-22)14-15-40-23-6-2-1-3-7-23)33(39)27-17-25-24-8-4-5-9-26(24)34-31(25)32(37(27)30)21-10-11-28-29(16-21)42-20-41-28/h1-11,16,22,27,32,34H,12-15,17-20H2/t22-,27+,32+/m0/s1. The van der Waals surface area contributed by atoms with Crippen LogP contribution in [0.3, 0.4) is 0 Å². The summed E-state index contributed by atoms with van der Waals surface area (Å²) >= 11 is 0. The van der Waals surface area contributed by atoms with Gasteiger partial charge in [-0.05, 0) is 47.9 Å². The number of carbonyl (C=O) groups is 2. The van der Waals surface area contributed by atoms with E-state index in [0.29, 0.717) is 24.5 Å². The lowest BCUT2D eigenvalue weighted by Crippen LogP contribution is -2.65. The smallest absolute Gasteiger partial charge is 0.246 e. The van der Waals surface area contributed by atoms with Crippen LogP contribution in [0, 0.1) is 0 Å². The molecule has 0 unspecified atom stereocenters. The van der Waals surface area contributed by atoms with Crippen molar-refractivity contribution in [3.8, 4) is 17.2 Å². The van der Waals surface area contributed by atoms with Crippen LogP contribution in [0.2, 0.25) is 0 Å².